The number of aromatic amines is 2. The molecule has 0 radical (unpaired) electrons. The zero-order chi connectivity index (χ0) is 24.6. The van der Waals surface area contributed by atoms with Crippen LogP contribution in [0.25, 0.3) is 65.5 Å². The number of nitrogens with one attached hydrogen (secondary N) is 2. The summed E-state index contributed by atoms with van der Waals surface area (Å²) in [6, 6.07) is 26.5. The maximum Gasteiger partial charge on any atom is 0.109 e. The van der Waals surface area contributed by atoms with Gasteiger partial charge in [-0.2, -0.15) is 0 Å². The third-order valence-corrected chi connectivity index (χ3v) is 7.40. The lowest BCUT2D eigenvalue weighted by molar-refractivity contribution is 0.799. The molecule has 2 aromatic heterocycles. The van der Waals surface area contributed by atoms with E-state index in [-0.39, 0.29) is 0 Å². The van der Waals surface area contributed by atoms with Crippen LogP contribution in [0.5, 0.6) is 0 Å². The monoisotopic (exact) mass is 468 g/mol. The minimum atomic E-state index is 0.348. The molecule has 0 atom stereocenters. The number of aromatic nitrogens is 4. The summed E-state index contributed by atoms with van der Waals surface area (Å²) in [6.45, 7) is 8.70. The number of H-pyrrole nitrogens is 2. The number of rotatable bonds is 3. The van der Waals surface area contributed by atoms with Crippen molar-refractivity contribution < 1.29 is 0 Å². The van der Waals surface area contributed by atoms with E-state index in [4.69, 9.17) is 9.97 Å². The molecular formula is C32H28N4. The average molecular weight is 469 g/mol. The van der Waals surface area contributed by atoms with Crippen LogP contribution in [-0.4, -0.2) is 19.9 Å². The predicted octanol–water partition coefficient (Wildman–Crippen LogP) is 8.81. The maximum absolute atomic E-state index is 4.98. The van der Waals surface area contributed by atoms with Crippen LogP contribution in [0.3, 0.4) is 0 Å². The highest BCUT2D eigenvalue weighted by Crippen LogP contribution is 2.37. The Morgan fingerprint density at radius 2 is 1.22 bits per heavy atom. The largest absolute Gasteiger partial charge is 0.342 e. The van der Waals surface area contributed by atoms with Gasteiger partial charge in [0.15, 0.2) is 0 Å². The van der Waals surface area contributed by atoms with Crippen molar-refractivity contribution in [2.45, 2.75) is 39.5 Å². The van der Waals surface area contributed by atoms with E-state index >= 15 is 0 Å². The van der Waals surface area contributed by atoms with Gasteiger partial charge in [-0.15, -0.1) is 0 Å². The van der Waals surface area contributed by atoms with E-state index in [1.807, 2.05) is 0 Å². The summed E-state index contributed by atoms with van der Waals surface area (Å²) in [6.07, 6.45) is 0. The minimum absolute atomic E-state index is 0.348. The molecule has 0 aliphatic carbocycles. The molecule has 0 bridgehead atoms. The standard InChI is InChI=1S/C32H28N4/c1-17(2)31-33-27-14-11-21-15-19(9-12-22(21)28(27)34-31)20-10-13-25-26(16-20)23-7-5-6-8-24(23)29-30(25)36-32(35-29)18(3)4/h5-18H,1-4H3,(H,33,34)(H,35,36). The fraction of sp³-hybridized carbons (Fsp3) is 0.188. The average Bonchev–Trinajstić information content (AvgIpc) is 3.54. The van der Waals surface area contributed by atoms with Gasteiger partial charge in [0.05, 0.1) is 22.1 Å². The Hall–Kier alpha value is -4.18. The van der Waals surface area contributed by atoms with Crippen LogP contribution in [0.15, 0.2) is 72.8 Å². The molecule has 176 valence electrons. The maximum atomic E-state index is 4.98. The minimum Gasteiger partial charge on any atom is -0.342 e. The summed E-state index contributed by atoms with van der Waals surface area (Å²) in [5.41, 5.74) is 6.75. The van der Waals surface area contributed by atoms with E-state index in [9.17, 15) is 0 Å². The van der Waals surface area contributed by atoms with E-state index in [0.29, 0.717) is 11.8 Å². The Kier molecular flexibility index (Phi) is 4.50. The van der Waals surface area contributed by atoms with Crippen LogP contribution in [0, 0.1) is 0 Å². The number of hydrogen-bond donors (Lipinski definition) is 2. The lowest BCUT2D eigenvalue weighted by Gasteiger charge is -2.10. The van der Waals surface area contributed by atoms with E-state index in [2.05, 4.69) is 110 Å². The molecule has 36 heavy (non-hydrogen) atoms. The van der Waals surface area contributed by atoms with Crippen LogP contribution < -0.4 is 0 Å². The second-order valence-corrected chi connectivity index (χ2v) is 10.5. The van der Waals surface area contributed by atoms with E-state index in [1.165, 1.54) is 43.4 Å². The van der Waals surface area contributed by atoms with Gasteiger partial charge in [-0.1, -0.05) is 82.3 Å². The summed E-state index contributed by atoms with van der Waals surface area (Å²) in [4.78, 5) is 17.0. The molecule has 0 saturated carbocycles. The third kappa shape index (κ3) is 3.07. The van der Waals surface area contributed by atoms with Gasteiger partial charge in [0.1, 0.15) is 11.6 Å². The number of nitrogens with zero attached hydrogens (tertiary/aromatic N) is 2. The SMILES string of the molecule is CC(C)c1nc2c(ccc3cc(-c4ccc5c(c4)c4ccccc4c4nc(C(C)C)[nH]c54)ccc32)[nH]1. The van der Waals surface area contributed by atoms with Gasteiger partial charge in [-0.25, -0.2) is 9.97 Å². The van der Waals surface area contributed by atoms with Crippen molar-refractivity contribution >= 4 is 54.4 Å². The normalized spacial score (nSPS) is 12.4. The van der Waals surface area contributed by atoms with Crippen LogP contribution >= 0.6 is 0 Å². The van der Waals surface area contributed by atoms with Gasteiger partial charge < -0.3 is 9.97 Å². The van der Waals surface area contributed by atoms with Gasteiger partial charge in [-0.05, 0) is 45.5 Å². The van der Waals surface area contributed by atoms with Gasteiger partial charge in [-0.3, -0.25) is 0 Å². The van der Waals surface area contributed by atoms with Gasteiger partial charge >= 0.3 is 0 Å². The first-order valence-corrected chi connectivity index (χ1v) is 12.7. The molecule has 0 aliphatic rings. The fourth-order valence-electron chi connectivity index (χ4n) is 5.42. The molecule has 5 aromatic carbocycles. The zero-order valence-electron chi connectivity index (χ0n) is 21.0. The van der Waals surface area contributed by atoms with Crippen molar-refractivity contribution in [2.24, 2.45) is 0 Å². The van der Waals surface area contributed by atoms with Crippen LogP contribution in [0.2, 0.25) is 0 Å². The Morgan fingerprint density at radius 1 is 0.556 bits per heavy atom. The predicted molar refractivity (Wildman–Crippen MR) is 152 cm³/mol. The molecular weight excluding hydrogens is 440 g/mol. The molecule has 4 heteroatoms. The quantitative estimate of drug-likeness (QED) is 0.255. The number of benzene rings is 5. The second kappa shape index (κ2) is 7.66. The van der Waals surface area contributed by atoms with E-state index in [1.54, 1.807) is 0 Å². The van der Waals surface area contributed by atoms with E-state index in [0.717, 1.165) is 33.7 Å². The van der Waals surface area contributed by atoms with Crippen molar-refractivity contribution in [3.05, 3.63) is 84.4 Å². The Bertz CT molecular complexity index is 1950. The molecule has 0 fully saturated rings. The van der Waals surface area contributed by atoms with Crippen LogP contribution in [-0.2, 0) is 0 Å². The summed E-state index contributed by atoms with van der Waals surface area (Å²) in [5, 5.41) is 7.29. The summed E-state index contributed by atoms with van der Waals surface area (Å²) in [7, 11) is 0. The highest BCUT2D eigenvalue weighted by Gasteiger charge is 2.15. The lowest BCUT2D eigenvalue weighted by atomic mass is 9.95. The Morgan fingerprint density at radius 3 is 2.00 bits per heavy atom. The van der Waals surface area contributed by atoms with E-state index < -0.39 is 0 Å². The molecule has 7 aromatic rings. The van der Waals surface area contributed by atoms with Gasteiger partial charge in [0.25, 0.3) is 0 Å². The number of imidazole rings is 2. The second-order valence-electron chi connectivity index (χ2n) is 10.5. The van der Waals surface area contributed by atoms with Crippen LogP contribution in [0.4, 0.5) is 0 Å². The zero-order valence-corrected chi connectivity index (χ0v) is 21.0. The lowest BCUT2D eigenvalue weighted by Crippen LogP contribution is -1.88. The Balaban J connectivity index is 1.45. The highest BCUT2D eigenvalue weighted by atomic mass is 14.9. The number of fused-ring (bicyclic) bond motifs is 9. The first kappa shape index (κ1) is 21.1. The molecule has 2 heterocycles. The molecule has 4 nitrogen and oxygen atoms in total. The molecule has 0 unspecified atom stereocenters. The molecule has 2 N–H and O–H groups in total. The summed E-state index contributed by atoms with van der Waals surface area (Å²) in [5.74, 6) is 2.79. The molecule has 7 rings (SSSR count). The molecule has 0 amide bonds. The number of hydrogen-bond acceptors (Lipinski definition) is 2. The van der Waals surface area contributed by atoms with Crippen molar-refractivity contribution in [2.75, 3.05) is 0 Å². The topological polar surface area (TPSA) is 57.4 Å². The summed E-state index contributed by atoms with van der Waals surface area (Å²) >= 11 is 0. The van der Waals surface area contributed by atoms with Gasteiger partial charge in [0, 0.05) is 28.0 Å². The summed E-state index contributed by atoms with van der Waals surface area (Å²) < 4.78 is 0. The van der Waals surface area contributed by atoms with Crippen molar-refractivity contribution in [3.63, 3.8) is 0 Å². The van der Waals surface area contributed by atoms with Gasteiger partial charge in [0.2, 0.25) is 0 Å². The molecule has 0 aliphatic heterocycles. The first-order valence-electron chi connectivity index (χ1n) is 12.7. The van der Waals surface area contributed by atoms with Crippen LogP contribution in [0.1, 0.15) is 51.2 Å². The first-order chi connectivity index (χ1) is 17.5. The fourth-order valence-corrected chi connectivity index (χ4v) is 5.42. The van der Waals surface area contributed by atoms with Crippen molar-refractivity contribution in [3.8, 4) is 11.1 Å². The Labute approximate surface area is 209 Å². The van der Waals surface area contributed by atoms with Crippen molar-refractivity contribution in [1.29, 1.82) is 0 Å². The smallest absolute Gasteiger partial charge is 0.109 e. The molecule has 0 saturated heterocycles. The van der Waals surface area contributed by atoms with Crippen molar-refractivity contribution in [1.82, 2.24) is 19.9 Å². The molecule has 0 spiro atoms. The highest BCUT2D eigenvalue weighted by molar-refractivity contribution is 6.23. The third-order valence-electron chi connectivity index (χ3n) is 7.40.